The van der Waals surface area contributed by atoms with E-state index in [0.717, 1.165) is 17.9 Å². The van der Waals surface area contributed by atoms with Crippen LogP contribution in [0.3, 0.4) is 0 Å². The van der Waals surface area contributed by atoms with Gasteiger partial charge in [-0.3, -0.25) is 4.79 Å². The number of carbonyl (C=O) groups excluding carboxylic acids is 2. The van der Waals surface area contributed by atoms with Gasteiger partial charge in [0.05, 0.1) is 12.6 Å². The van der Waals surface area contributed by atoms with E-state index in [9.17, 15) is 18.4 Å². The summed E-state index contributed by atoms with van der Waals surface area (Å²) in [5.74, 6) is -1.33. The summed E-state index contributed by atoms with van der Waals surface area (Å²) in [4.78, 5) is 23.4. The van der Waals surface area contributed by atoms with Gasteiger partial charge in [-0.15, -0.1) is 0 Å². The van der Waals surface area contributed by atoms with Crippen molar-refractivity contribution in [2.45, 2.75) is 19.9 Å². The average molecular weight is 337 g/mol. The number of halogens is 2. The Morgan fingerprint density at radius 1 is 1.17 bits per heavy atom. The van der Waals surface area contributed by atoms with Gasteiger partial charge >= 0.3 is 6.03 Å². The fraction of sp³-hybridized carbons (Fsp3) is 0.250. The Bertz CT molecular complexity index is 746. The highest BCUT2D eigenvalue weighted by Gasteiger charge is 2.13. The Morgan fingerprint density at radius 2 is 1.92 bits per heavy atom. The lowest BCUT2D eigenvalue weighted by atomic mass is 10.2. The molecule has 2 rings (SSSR count). The van der Waals surface area contributed by atoms with Gasteiger partial charge in [-0.2, -0.15) is 0 Å². The molecule has 0 saturated heterocycles. The second kappa shape index (κ2) is 7.58. The molecule has 1 aromatic heterocycles. The van der Waals surface area contributed by atoms with Crippen molar-refractivity contribution >= 4 is 17.6 Å². The number of anilines is 1. The molecule has 1 aromatic carbocycles. The highest BCUT2D eigenvalue weighted by Crippen LogP contribution is 2.15. The van der Waals surface area contributed by atoms with Gasteiger partial charge in [0.15, 0.2) is 11.6 Å². The lowest BCUT2D eigenvalue weighted by Crippen LogP contribution is -2.40. The first-order valence-corrected chi connectivity index (χ1v) is 7.20. The number of hydrogen-bond donors (Lipinski definition) is 3. The van der Waals surface area contributed by atoms with Crippen LogP contribution in [-0.2, 0) is 4.79 Å². The minimum atomic E-state index is -1.07. The largest absolute Gasteiger partial charge is 0.464 e. The van der Waals surface area contributed by atoms with Crippen molar-refractivity contribution in [3.63, 3.8) is 0 Å². The predicted octanol–water partition coefficient (Wildman–Crippen LogP) is 2.87. The van der Waals surface area contributed by atoms with Crippen LogP contribution in [0, 0.1) is 18.6 Å². The van der Waals surface area contributed by atoms with E-state index in [-0.39, 0.29) is 18.3 Å². The molecule has 2 aromatic rings. The molecular weight excluding hydrogens is 320 g/mol. The second-order valence-corrected chi connectivity index (χ2v) is 5.17. The summed E-state index contributed by atoms with van der Waals surface area (Å²) in [7, 11) is 0. The molecule has 0 saturated carbocycles. The first-order chi connectivity index (χ1) is 11.3. The summed E-state index contributed by atoms with van der Waals surface area (Å²) in [6.07, 6.45) is 0. The zero-order chi connectivity index (χ0) is 17.7. The van der Waals surface area contributed by atoms with Crippen LogP contribution in [0.4, 0.5) is 19.3 Å². The fourth-order valence-electron chi connectivity index (χ4n) is 1.94. The van der Waals surface area contributed by atoms with Crippen LogP contribution in [0.5, 0.6) is 0 Å². The van der Waals surface area contributed by atoms with Crippen molar-refractivity contribution in [2.24, 2.45) is 0 Å². The van der Waals surface area contributed by atoms with Crippen molar-refractivity contribution in [3.05, 3.63) is 53.5 Å². The standard InChI is InChI=1S/C16H17F2N3O3/c1-9-3-6-14(24-9)10(2)20-16(23)19-8-15(22)21-11-4-5-12(17)13(18)7-11/h3-7,10H,8H2,1-2H3,(H,21,22)(H2,19,20,23)/t10-/m1/s1. The van der Waals surface area contributed by atoms with E-state index in [2.05, 4.69) is 16.0 Å². The topological polar surface area (TPSA) is 83.4 Å². The van der Waals surface area contributed by atoms with Crippen LogP contribution in [0.25, 0.3) is 0 Å². The maximum absolute atomic E-state index is 13.0. The molecule has 0 bridgehead atoms. The number of hydrogen-bond acceptors (Lipinski definition) is 3. The van der Waals surface area contributed by atoms with E-state index >= 15 is 0 Å². The number of rotatable bonds is 5. The summed E-state index contributed by atoms with van der Waals surface area (Å²) in [5, 5.41) is 7.32. The van der Waals surface area contributed by atoms with E-state index in [4.69, 9.17) is 4.42 Å². The number of benzene rings is 1. The van der Waals surface area contributed by atoms with Gasteiger partial charge in [0.25, 0.3) is 0 Å². The number of carbonyl (C=O) groups is 2. The molecule has 6 nitrogen and oxygen atoms in total. The van der Waals surface area contributed by atoms with Gasteiger partial charge in [0, 0.05) is 11.8 Å². The van der Waals surface area contributed by atoms with Crippen LogP contribution < -0.4 is 16.0 Å². The quantitative estimate of drug-likeness (QED) is 0.784. The maximum atomic E-state index is 13.0. The highest BCUT2D eigenvalue weighted by molar-refractivity contribution is 5.94. The van der Waals surface area contributed by atoms with Crippen LogP contribution in [0.2, 0.25) is 0 Å². The number of furan rings is 1. The van der Waals surface area contributed by atoms with E-state index in [1.165, 1.54) is 6.07 Å². The predicted molar refractivity (Wildman–Crippen MR) is 83.4 cm³/mol. The van der Waals surface area contributed by atoms with Crippen molar-refractivity contribution in [1.82, 2.24) is 10.6 Å². The maximum Gasteiger partial charge on any atom is 0.315 e. The molecular formula is C16H17F2N3O3. The third-order valence-corrected chi connectivity index (χ3v) is 3.15. The molecule has 1 atom stereocenters. The van der Waals surface area contributed by atoms with Crippen molar-refractivity contribution in [1.29, 1.82) is 0 Å². The first kappa shape index (κ1) is 17.5. The second-order valence-electron chi connectivity index (χ2n) is 5.17. The molecule has 3 N–H and O–H groups in total. The van der Waals surface area contributed by atoms with Crippen molar-refractivity contribution in [3.8, 4) is 0 Å². The third-order valence-electron chi connectivity index (χ3n) is 3.15. The van der Waals surface area contributed by atoms with E-state index in [1.54, 1.807) is 26.0 Å². The highest BCUT2D eigenvalue weighted by atomic mass is 19.2. The van der Waals surface area contributed by atoms with Gasteiger partial charge in [-0.05, 0) is 38.1 Å². The summed E-state index contributed by atoms with van der Waals surface area (Å²) < 4.78 is 31.2. The molecule has 128 valence electrons. The number of nitrogens with one attached hydrogen (secondary N) is 3. The third kappa shape index (κ3) is 4.80. The van der Waals surface area contributed by atoms with Gasteiger partial charge in [-0.25, -0.2) is 13.6 Å². The molecule has 3 amide bonds. The monoisotopic (exact) mass is 337 g/mol. The lowest BCUT2D eigenvalue weighted by Gasteiger charge is -2.12. The van der Waals surface area contributed by atoms with Crippen LogP contribution in [-0.4, -0.2) is 18.5 Å². The number of amides is 3. The van der Waals surface area contributed by atoms with Crippen LogP contribution in [0.1, 0.15) is 24.5 Å². The SMILES string of the molecule is Cc1ccc([C@@H](C)NC(=O)NCC(=O)Nc2ccc(F)c(F)c2)o1. The van der Waals surface area contributed by atoms with Crippen LogP contribution in [0.15, 0.2) is 34.7 Å². The lowest BCUT2D eigenvalue weighted by molar-refractivity contribution is -0.115. The summed E-state index contributed by atoms with van der Waals surface area (Å²) >= 11 is 0. The van der Waals surface area contributed by atoms with Crippen molar-refractivity contribution < 1.29 is 22.8 Å². The average Bonchev–Trinajstić information content (AvgIpc) is 2.96. The fourth-order valence-corrected chi connectivity index (χ4v) is 1.94. The summed E-state index contributed by atoms with van der Waals surface area (Å²) in [5.41, 5.74) is 0.0977. The first-order valence-electron chi connectivity index (χ1n) is 7.20. The van der Waals surface area contributed by atoms with Crippen LogP contribution >= 0.6 is 0 Å². The molecule has 8 heteroatoms. The Hall–Kier alpha value is -2.90. The molecule has 0 aliphatic rings. The normalized spacial score (nSPS) is 11.7. The van der Waals surface area contributed by atoms with Gasteiger partial charge in [0.2, 0.25) is 5.91 Å². The zero-order valence-corrected chi connectivity index (χ0v) is 13.2. The molecule has 0 aliphatic heterocycles. The number of aryl methyl sites for hydroxylation is 1. The van der Waals surface area contributed by atoms with E-state index < -0.39 is 23.6 Å². The van der Waals surface area contributed by atoms with E-state index in [1.807, 2.05) is 0 Å². The molecule has 0 aliphatic carbocycles. The smallest absolute Gasteiger partial charge is 0.315 e. The molecule has 1 heterocycles. The van der Waals surface area contributed by atoms with Crippen molar-refractivity contribution in [2.75, 3.05) is 11.9 Å². The summed E-state index contributed by atoms with van der Waals surface area (Å²) in [6.45, 7) is 3.20. The molecule has 0 fully saturated rings. The van der Waals surface area contributed by atoms with E-state index in [0.29, 0.717) is 5.76 Å². The Morgan fingerprint density at radius 3 is 2.54 bits per heavy atom. The molecule has 0 spiro atoms. The molecule has 0 unspecified atom stereocenters. The Balaban J connectivity index is 1.78. The minimum absolute atomic E-state index is 0.0977. The Labute approximate surface area is 137 Å². The Kier molecular flexibility index (Phi) is 5.51. The summed E-state index contributed by atoms with van der Waals surface area (Å²) in [6, 6.07) is 5.58. The zero-order valence-electron chi connectivity index (χ0n) is 13.2. The molecule has 0 radical (unpaired) electrons. The number of urea groups is 1. The van der Waals surface area contributed by atoms with Gasteiger partial charge in [0.1, 0.15) is 11.5 Å². The molecule has 24 heavy (non-hydrogen) atoms. The van der Waals surface area contributed by atoms with Gasteiger partial charge < -0.3 is 20.4 Å². The minimum Gasteiger partial charge on any atom is -0.464 e. The van der Waals surface area contributed by atoms with Gasteiger partial charge in [-0.1, -0.05) is 0 Å².